The molecule has 2 aromatic heterocycles. The van der Waals surface area contributed by atoms with Gasteiger partial charge in [0.25, 0.3) is 17.1 Å². The average molecular weight is 379 g/mol. The zero-order valence-corrected chi connectivity index (χ0v) is 14.6. The predicted molar refractivity (Wildman–Crippen MR) is 98.0 cm³/mol. The smallest absolute Gasteiger partial charge is 0.271 e. The van der Waals surface area contributed by atoms with Crippen LogP contribution in [-0.2, 0) is 6.54 Å². The van der Waals surface area contributed by atoms with Gasteiger partial charge in [-0.15, -0.1) is 0 Å². The van der Waals surface area contributed by atoms with E-state index in [1.807, 2.05) is 0 Å². The molecule has 140 valence electrons. The number of aromatic nitrogens is 4. The summed E-state index contributed by atoms with van der Waals surface area (Å²) in [6.45, 7) is 0.0540. The molecule has 2 aromatic carbocycles. The van der Waals surface area contributed by atoms with Gasteiger partial charge >= 0.3 is 0 Å². The Bertz CT molecular complexity index is 1230. The first-order chi connectivity index (χ1) is 13.5. The van der Waals surface area contributed by atoms with Crippen molar-refractivity contribution >= 4 is 16.6 Å². The van der Waals surface area contributed by atoms with Crippen LogP contribution < -0.4 is 10.3 Å². The molecule has 0 amide bonds. The topological polar surface area (TPSA) is 126 Å². The number of non-ortho nitro benzene ring substituents is 1. The number of rotatable bonds is 5. The van der Waals surface area contributed by atoms with Crippen molar-refractivity contribution in [2.75, 3.05) is 7.11 Å². The van der Waals surface area contributed by atoms with Crippen molar-refractivity contribution in [1.29, 1.82) is 0 Å². The maximum atomic E-state index is 12.6. The quantitative estimate of drug-likeness (QED) is 0.382. The zero-order chi connectivity index (χ0) is 19.7. The Morgan fingerprint density at radius 2 is 2.00 bits per heavy atom. The van der Waals surface area contributed by atoms with Crippen molar-refractivity contribution in [3.63, 3.8) is 0 Å². The molecule has 10 heteroatoms. The first kappa shape index (κ1) is 17.3. The summed E-state index contributed by atoms with van der Waals surface area (Å²) in [7, 11) is 1.58. The minimum absolute atomic E-state index is 0.0540. The van der Waals surface area contributed by atoms with E-state index >= 15 is 0 Å². The number of hydrogen-bond acceptors (Lipinski definition) is 8. The maximum absolute atomic E-state index is 12.6. The van der Waals surface area contributed by atoms with Crippen LogP contribution in [-0.4, -0.2) is 31.7 Å². The Morgan fingerprint density at radius 1 is 1.21 bits per heavy atom. The third-order valence-electron chi connectivity index (χ3n) is 4.14. The fourth-order valence-electron chi connectivity index (χ4n) is 2.69. The molecule has 0 saturated carbocycles. The second-order valence-electron chi connectivity index (χ2n) is 5.88. The van der Waals surface area contributed by atoms with Gasteiger partial charge in [0.2, 0.25) is 0 Å². The van der Waals surface area contributed by atoms with Gasteiger partial charge in [-0.25, -0.2) is 4.98 Å². The fraction of sp³-hybridized carbons (Fsp3) is 0.111. The molecule has 2 heterocycles. The molecule has 10 nitrogen and oxygen atoms in total. The van der Waals surface area contributed by atoms with E-state index in [0.29, 0.717) is 17.5 Å². The van der Waals surface area contributed by atoms with Gasteiger partial charge in [0.05, 0.1) is 35.8 Å². The van der Waals surface area contributed by atoms with E-state index in [1.165, 1.54) is 29.1 Å². The molecule has 0 aliphatic rings. The third kappa shape index (κ3) is 3.18. The molecule has 0 N–H and O–H groups in total. The summed E-state index contributed by atoms with van der Waals surface area (Å²) < 4.78 is 11.7. The molecule has 28 heavy (non-hydrogen) atoms. The number of methoxy groups -OCH3 is 1. The monoisotopic (exact) mass is 379 g/mol. The first-order valence-electron chi connectivity index (χ1n) is 8.16. The molecule has 0 fully saturated rings. The van der Waals surface area contributed by atoms with Crippen molar-refractivity contribution in [2.24, 2.45) is 0 Å². The van der Waals surface area contributed by atoms with Crippen LogP contribution in [0.25, 0.3) is 22.4 Å². The van der Waals surface area contributed by atoms with Crippen LogP contribution in [0.2, 0.25) is 0 Å². The molecule has 4 rings (SSSR count). The summed E-state index contributed by atoms with van der Waals surface area (Å²) in [5.74, 6) is 1.32. The van der Waals surface area contributed by atoms with E-state index in [1.54, 1.807) is 31.4 Å². The largest absolute Gasteiger partial charge is 0.497 e. The number of nitro benzene ring substituents is 1. The van der Waals surface area contributed by atoms with Crippen molar-refractivity contribution in [1.82, 2.24) is 19.7 Å². The molecule has 0 radical (unpaired) electrons. The second-order valence-corrected chi connectivity index (χ2v) is 5.88. The minimum Gasteiger partial charge on any atom is -0.497 e. The summed E-state index contributed by atoms with van der Waals surface area (Å²) in [4.78, 5) is 31.4. The summed E-state index contributed by atoms with van der Waals surface area (Å²) >= 11 is 0. The van der Waals surface area contributed by atoms with Crippen LogP contribution in [0.4, 0.5) is 5.69 Å². The standard InChI is InChI=1S/C18H13N5O5/c1-27-13-5-2-11(3-6-13)17-20-16(21-28-17)9-22-10-19-15-8-12(23(25)26)4-7-14(15)18(22)24/h2-8,10H,9H2,1H3. The van der Waals surface area contributed by atoms with E-state index in [9.17, 15) is 14.9 Å². The number of nitro groups is 1. The van der Waals surface area contributed by atoms with Gasteiger partial charge in [0.1, 0.15) is 5.75 Å². The van der Waals surface area contributed by atoms with Gasteiger partial charge in [-0.05, 0) is 30.3 Å². The highest BCUT2D eigenvalue weighted by Crippen LogP contribution is 2.21. The number of hydrogen-bond donors (Lipinski definition) is 0. The summed E-state index contributed by atoms with van der Waals surface area (Å²) in [5, 5.41) is 15.0. The van der Waals surface area contributed by atoms with E-state index in [4.69, 9.17) is 9.26 Å². The predicted octanol–water partition coefficient (Wildman–Crippen LogP) is 2.41. The van der Waals surface area contributed by atoms with Crippen molar-refractivity contribution in [2.45, 2.75) is 6.54 Å². The molecule has 4 aromatic rings. The summed E-state index contributed by atoms with van der Waals surface area (Å²) in [5.41, 5.74) is 0.494. The Morgan fingerprint density at radius 3 is 2.71 bits per heavy atom. The van der Waals surface area contributed by atoms with Gasteiger partial charge in [-0.1, -0.05) is 5.16 Å². The van der Waals surface area contributed by atoms with Crippen LogP contribution in [0.5, 0.6) is 5.75 Å². The zero-order valence-electron chi connectivity index (χ0n) is 14.6. The summed E-state index contributed by atoms with van der Waals surface area (Å²) in [6, 6.07) is 11.0. The van der Waals surface area contributed by atoms with Crippen LogP contribution in [0.15, 0.2) is 58.1 Å². The SMILES string of the molecule is COc1ccc(-c2nc(Cn3cnc4cc([N+](=O)[O-])ccc4c3=O)no2)cc1. The molecule has 0 bridgehead atoms. The Hall–Kier alpha value is -4.08. The Kier molecular flexibility index (Phi) is 4.28. The van der Waals surface area contributed by atoms with Crippen LogP contribution >= 0.6 is 0 Å². The molecule has 0 unspecified atom stereocenters. The number of ether oxygens (including phenoxy) is 1. The van der Waals surface area contributed by atoms with E-state index in [2.05, 4.69) is 15.1 Å². The number of fused-ring (bicyclic) bond motifs is 1. The Balaban J connectivity index is 1.62. The summed E-state index contributed by atoms with van der Waals surface area (Å²) in [6.07, 6.45) is 1.30. The second kappa shape index (κ2) is 6.91. The molecular weight excluding hydrogens is 366 g/mol. The highest BCUT2D eigenvalue weighted by atomic mass is 16.6. The molecule has 0 spiro atoms. The van der Waals surface area contributed by atoms with Gasteiger partial charge in [-0.2, -0.15) is 4.98 Å². The first-order valence-corrected chi connectivity index (χ1v) is 8.16. The van der Waals surface area contributed by atoms with Gasteiger partial charge < -0.3 is 9.26 Å². The lowest BCUT2D eigenvalue weighted by atomic mass is 10.2. The molecule has 0 atom stereocenters. The molecule has 0 aliphatic heterocycles. The van der Waals surface area contributed by atoms with Gasteiger partial charge in [-0.3, -0.25) is 19.5 Å². The minimum atomic E-state index is -0.535. The van der Waals surface area contributed by atoms with E-state index in [0.717, 1.165) is 5.56 Å². The normalized spacial score (nSPS) is 10.9. The van der Waals surface area contributed by atoms with Crippen LogP contribution in [0.1, 0.15) is 5.82 Å². The molecular formula is C18H13N5O5. The van der Waals surface area contributed by atoms with Crippen molar-refractivity contribution < 1.29 is 14.2 Å². The number of nitrogens with zero attached hydrogens (tertiary/aromatic N) is 5. The lowest BCUT2D eigenvalue weighted by Crippen LogP contribution is -2.21. The third-order valence-corrected chi connectivity index (χ3v) is 4.14. The van der Waals surface area contributed by atoms with Crippen molar-refractivity contribution in [3.05, 3.63) is 75.1 Å². The Labute approximate surface area is 157 Å². The van der Waals surface area contributed by atoms with E-state index < -0.39 is 4.92 Å². The lowest BCUT2D eigenvalue weighted by Gasteiger charge is -2.03. The molecule has 0 aliphatic carbocycles. The van der Waals surface area contributed by atoms with Crippen LogP contribution in [0.3, 0.4) is 0 Å². The van der Waals surface area contributed by atoms with Gasteiger partial charge in [0, 0.05) is 17.7 Å². The van der Waals surface area contributed by atoms with Crippen molar-refractivity contribution in [3.8, 4) is 17.2 Å². The van der Waals surface area contributed by atoms with E-state index in [-0.39, 0.29) is 28.7 Å². The van der Waals surface area contributed by atoms with Crippen LogP contribution in [0, 0.1) is 10.1 Å². The van der Waals surface area contributed by atoms with Gasteiger partial charge in [0.15, 0.2) is 5.82 Å². The highest BCUT2D eigenvalue weighted by molar-refractivity contribution is 5.79. The fourth-order valence-corrected chi connectivity index (χ4v) is 2.69. The molecule has 0 saturated heterocycles. The lowest BCUT2D eigenvalue weighted by molar-refractivity contribution is -0.384. The highest BCUT2D eigenvalue weighted by Gasteiger charge is 2.13. The maximum Gasteiger partial charge on any atom is 0.271 e. The average Bonchev–Trinajstić information content (AvgIpc) is 3.18. The number of benzene rings is 2.